The Kier molecular flexibility index (Phi) is 14.7. The van der Waals surface area contributed by atoms with Gasteiger partial charge in [0.15, 0.2) is 0 Å². The number of hydrogen-bond acceptors (Lipinski definition) is 2. The molecule has 178 valence electrons. The third-order valence-corrected chi connectivity index (χ3v) is 6.24. The summed E-state index contributed by atoms with van der Waals surface area (Å²) in [6, 6.07) is 6.01. The number of anilines is 1. The van der Waals surface area contributed by atoms with Gasteiger partial charge >= 0.3 is 0 Å². The van der Waals surface area contributed by atoms with Crippen LogP contribution in [0, 0.1) is 13.8 Å². The summed E-state index contributed by atoms with van der Waals surface area (Å²) in [4.78, 5) is 12.4. The third-order valence-electron chi connectivity index (χ3n) is 5.58. The second-order valence-electron chi connectivity index (χ2n) is 8.64. The van der Waals surface area contributed by atoms with E-state index < -0.39 is 9.96 Å². The monoisotopic (exact) mass is 490 g/mol. The first-order valence-corrected chi connectivity index (χ1v) is 13.1. The van der Waals surface area contributed by atoms with Gasteiger partial charge in [-0.3, -0.25) is 4.79 Å². The van der Waals surface area contributed by atoms with Crippen LogP contribution in [-0.4, -0.2) is 15.9 Å². The second kappa shape index (κ2) is 16.0. The SMILES string of the molecule is CCCCCCCCCCCCCCC(=O)NC(Nc1cc(C)ccc1C)C(Cl)(Cl)Cl. The summed E-state index contributed by atoms with van der Waals surface area (Å²) < 4.78 is -1.65. The Morgan fingerprint density at radius 3 is 1.90 bits per heavy atom. The molecule has 1 aromatic carbocycles. The molecule has 0 saturated heterocycles. The number of unbranched alkanes of at least 4 members (excludes halogenated alkanes) is 11. The standard InChI is InChI=1S/C25H41Cl3N2O/c1-4-5-6-7-8-9-10-11-12-13-14-15-16-23(31)30-24(25(26,27)28)29-22-19-20(2)17-18-21(22)3/h17-19,24,29H,4-16H2,1-3H3,(H,30,31). The molecule has 0 radical (unpaired) electrons. The zero-order valence-electron chi connectivity index (χ0n) is 19.5. The van der Waals surface area contributed by atoms with E-state index >= 15 is 0 Å². The number of halogens is 3. The van der Waals surface area contributed by atoms with Gasteiger partial charge in [-0.1, -0.05) is 124 Å². The minimum absolute atomic E-state index is 0.0961. The maximum Gasteiger partial charge on any atom is 0.228 e. The van der Waals surface area contributed by atoms with Crippen LogP contribution in [0.5, 0.6) is 0 Å². The normalized spacial score (nSPS) is 12.6. The van der Waals surface area contributed by atoms with Gasteiger partial charge < -0.3 is 10.6 Å². The molecule has 0 bridgehead atoms. The molecule has 2 N–H and O–H groups in total. The highest BCUT2D eigenvalue weighted by molar-refractivity contribution is 6.68. The van der Waals surface area contributed by atoms with E-state index in [0.29, 0.717) is 6.42 Å². The first-order valence-electron chi connectivity index (χ1n) is 11.9. The predicted octanol–water partition coefficient (Wildman–Crippen LogP) is 8.62. The van der Waals surface area contributed by atoms with Crippen molar-refractivity contribution in [1.82, 2.24) is 5.32 Å². The van der Waals surface area contributed by atoms with Crippen LogP contribution in [0.1, 0.15) is 102 Å². The van der Waals surface area contributed by atoms with Crippen LogP contribution < -0.4 is 10.6 Å². The summed E-state index contributed by atoms with van der Waals surface area (Å²) in [6.45, 7) is 6.23. The summed E-state index contributed by atoms with van der Waals surface area (Å²) in [5, 5.41) is 6.02. The van der Waals surface area contributed by atoms with E-state index in [0.717, 1.165) is 29.7 Å². The molecule has 1 aromatic rings. The lowest BCUT2D eigenvalue weighted by atomic mass is 10.0. The first-order chi connectivity index (χ1) is 14.7. The lowest BCUT2D eigenvalue weighted by Crippen LogP contribution is -2.49. The molecule has 1 amide bonds. The van der Waals surface area contributed by atoms with Crippen molar-refractivity contribution in [3.8, 4) is 0 Å². The van der Waals surface area contributed by atoms with Crippen molar-refractivity contribution in [1.29, 1.82) is 0 Å². The Balaban J connectivity index is 2.23. The molecule has 0 aliphatic heterocycles. The molecule has 1 atom stereocenters. The Bertz CT molecular complexity index is 632. The van der Waals surface area contributed by atoms with Gasteiger partial charge in [0.1, 0.15) is 6.17 Å². The third kappa shape index (κ3) is 13.5. The number of hydrogen-bond donors (Lipinski definition) is 2. The fourth-order valence-corrected chi connectivity index (χ4v) is 3.93. The van der Waals surface area contributed by atoms with Crippen LogP contribution in [0.3, 0.4) is 0 Å². The zero-order valence-corrected chi connectivity index (χ0v) is 21.8. The van der Waals surface area contributed by atoms with Crippen molar-refractivity contribution in [3.63, 3.8) is 0 Å². The number of rotatable bonds is 16. The second-order valence-corrected chi connectivity index (χ2v) is 11.0. The van der Waals surface area contributed by atoms with Gasteiger partial charge in [0.25, 0.3) is 0 Å². The lowest BCUT2D eigenvalue weighted by molar-refractivity contribution is -0.121. The average molecular weight is 492 g/mol. The molecule has 1 unspecified atom stereocenters. The van der Waals surface area contributed by atoms with E-state index in [1.54, 1.807) is 0 Å². The van der Waals surface area contributed by atoms with Gasteiger partial charge in [0.2, 0.25) is 9.70 Å². The summed E-state index contributed by atoms with van der Waals surface area (Å²) in [5.74, 6) is -0.0961. The highest BCUT2D eigenvalue weighted by atomic mass is 35.6. The van der Waals surface area contributed by atoms with Crippen LogP contribution in [0.25, 0.3) is 0 Å². The minimum Gasteiger partial charge on any atom is -0.362 e. The molecule has 31 heavy (non-hydrogen) atoms. The van der Waals surface area contributed by atoms with Crippen LogP contribution in [-0.2, 0) is 4.79 Å². The number of nitrogens with one attached hydrogen (secondary N) is 2. The number of carbonyl (C=O) groups excluding carboxylic acids is 1. The topological polar surface area (TPSA) is 41.1 Å². The molecule has 6 heteroatoms. The summed E-state index contributed by atoms with van der Waals surface area (Å²) in [5.41, 5.74) is 2.97. The van der Waals surface area contributed by atoms with Crippen LogP contribution in [0.4, 0.5) is 5.69 Å². The van der Waals surface area contributed by atoms with Crippen molar-refractivity contribution in [2.24, 2.45) is 0 Å². The van der Waals surface area contributed by atoms with E-state index in [2.05, 4.69) is 17.6 Å². The van der Waals surface area contributed by atoms with Crippen LogP contribution in [0.15, 0.2) is 18.2 Å². The summed E-state index contributed by atoms with van der Waals surface area (Å²) in [7, 11) is 0. The molecule has 0 heterocycles. The van der Waals surface area contributed by atoms with Gasteiger partial charge in [-0.05, 0) is 37.5 Å². The van der Waals surface area contributed by atoms with Crippen molar-refractivity contribution < 1.29 is 4.79 Å². The van der Waals surface area contributed by atoms with Crippen LogP contribution >= 0.6 is 34.8 Å². The van der Waals surface area contributed by atoms with E-state index in [1.165, 1.54) is 64.2 Å². The molecule has 1 rings (SSSR count). The number of aryl methyl sites for hydroxylation is 2. The van der Waals surface area contributed by atoms with Gasteiger partial charge in [0, 0.05) is 12.1 Å². The van der Waals surface area contributed by atoms with Crippen molar-refractivity contribution >= 4 is 46.4 Å². The van der Waals surface area contributed by atoms with Crippen LogP contribution in [0.2, 0.25) is 0 Å². The Hall–Kier alpha value is -0.640. The molecule has 0 fully saturated rings. The molecule has 0 saturated carbocycles. The first kappa shape index (κ1) is 28.4. The maximum atomic E-state index is 12.4. The summed E-state index contributed by atoms with van der Waals surface area (Å²) in [6.07, 6.45) is 14.8. The van der Waals surface area contributed by atoms with E-state index in [9.17, 15) is 4.79 Å². The lowest BCUT2D eigenvalue weighted by Gasteiger charge is -2.28. The molecule has 0 aromatic heterocycles. The van der Waals surface area contributed by atoms with Gasteiger partial charge in [-0.2, -0.15) is 0 Å². The largest absolute Gasteiger partial charge is 0.362 e. The number of carbonyl (C=O) groups is 1. The molecule has 3 nitrogen and oxygen atoms in total. The van der Waals surface area contributed by atoms with Gasteiger partial charge in [-0.15, -0.1) is 0 Å². The van der Waals surface area contributed by atoms with Crippen molar-refractivity contribution in [2.75, 3.05) is 5.32 Å². The van der Waals surface area contributed by atoms with Gasteiger partial charge in [-0.25, -0.2) is 0 Å². The fraction of sp³-hybridized carbons (Fsp3) is 0.720. The number of benzene rings is 1. The predicted molar refractivity (Wildman–Crippen MR) is 137 cm³/mol. The van der Waals surface area contributed by atoms with Gasteiger partial charge in [0.05, 0.1) is 0 Å². The molecule has 0 aliphatic rings. The van der Waals surface area contributed by atoms with E-state index in [-0.39, 0.29) is 5.91 Å². The molecule has 0 spiro atoms. The fourth-order valence-electron chi connectivity index (χ4n) is 3.61. The maximum absolute atomic E-state index is 12.4. The minimum atomic E-state index is -1.65. The van der Waals surface area contributed by atoms with E-state index in [1.807, 2.05) is 32.0 Å². The molecular weight excluding hydrogens is 451 g/mol. The quantitative estimate of drug-likeness (QED) is 0.138. The average Bonchev–Trinajstić information content (AvgIpc) is 2.70. The Morgan fingerprint density at radius 1 is 0.871 bits per heavy atom. The molecule has 0 aliphatic carbocycles. The Morgan fingerprint density at radius 2 is 1.39 bits per heavy atom. The number of alkyl halides is 3. The smallest absolute Gasteiger partial charge is 0.228 e. The Labute approximate surface area is 205 Å². The summed E-state index contributed by atoms with van der Waals surface area (Å²) >= 11 is 18.4. The molecular formula is C25H41Cl3N2O. The highest BCUT2D eigenvalue weighted by Gasteiger charge is 2.34. The van der Waals surface area contributed by atoms with Crippen molar-refractivity contribution in [2.45, 2.75) is 114 Å². The van der Waals surface area contributed by atoms with Crippen molar-refractivity contribution in [3.05, 3.63) is 29.3 Å². The zero-order chi connectivity index (χ0) is 23.1. The highest BCUT2D eigenvalue weighted by Crippen LogP contribution is 2.32. The number of amides is 1. The van der Waals surface area contributed by atoms with E-state index in [4.69, 9.17) is 34.8 Å².